The van der Waals surface area contributed by atoms with E-state index in [0.29, 0.717) is 11.3 Å². The zero-order chi connectivity index (χ0) is 13.3. The quantitative estimate of drug-likeness (QED) is 0.815. The van der Waals surface area contributed by atoms with Gasteiger partial charge in [0.15, 0.2) is 0 Å². The lowest BCUT2D eigenvalue weighted by atomic mass is 10.1. The summed E-state index contributed by atoms with van der Waals surface area (Å²) in [5.74, 6) is -1.61. The molecule has 1 heterocycles. The van der Waals surface area contributed by atoms with Crippen LogP contribution in [-0.4, -0.2) is 22.9 Å². The van der Waals surface area contributed by atoms with Gasteiger partial charge < -0.3 is 5.11 Å². The van der Waals surface area contributed by atoms with Gasteiger partial charge in [0.05, 0.1) is 12.1 Å². The van der Waals surface area contributed by atoms with E-state index in [1.807, 2.05) is 0 Å². The zero-order valence-corrected chi connectivity index (χ0v) is 9.92. The van der Waals surface area contributed by atoms with E-state index in [1.165, 1.54) is 0 Å². The van der Waals surface area contributed by atoms with Gasteiger partial charge in [0.25, 0.3) is 0 Å². The smallest absolute Gasteiger partial charge is 0.307 e. The van der Waals surface area contributed by atoms with Crippen LogP contribution in [0.25, 0.3) is 0 Å². The lowest BCUT2D eigenvalue weighted by molar-refractivity contribution is -0.136. The van der Waals surface area contributed by atoms with Gasteiger partial charge in [-0.3, -0.25) is 19.3 Å². The summed E-state index contributed by atoms with van der Waals surface area (Å²) in [6, 6.07) is 6.44. The number of anilines is 1. The Morgan fingerprint density at radius 1 is 1.33 bits per heavy atom. The van der Waals surface area contributed by atoms with Crippen molar-refractivity contribution in [2.24, 2.45) is 5.92 Å². The molecule has 5 nitrogen and oxygen atoms in total. The number of carboxylic acids is 1. The largest absolute Gasteiger partial charge is 0.481 e. The van der Waals surface area contributed by atoms with E-state index in [2.05, 4.69) is 0 Å². The van der Waals surface area contributed by atoms with Gasteiger partial charge in [-0.2, -0.15) is 0 Å². The number of amides is 2. The van der Waals surface area contributed by atoms with Gasteiger partial charge in [-0.15, -0.1) is 0 Å². The first-order chi connectivity index (χ1) is 8.49. The highest BCUT2D eigenvalue weighted by molar-refractivity contribution is 6.20. The maximum atomic E-state index is 11.8. The molecule has 0 spiro atoms. The summed E-state index contributed by atoms with van der Waals surface area (Å²) in [5.41, 5.74) is 1.14. The molecule has 0 saturated carbocycles. The molecule has 0 bridgehead atoms. The van der Waals surface area contributed by atoms with Gasteiger partial charge in [-0.05, 0) is 17.7 Å². The van der Waals surface area contributed by atoms with Crippen LogP contribution in [0.5, 0.6) is 0 Å². The van der Waals surface area contributed by atoms with Crippen molar-refractivity contribution in [1.29, 1.82) is 0 Å². The van der Waals surface area contributed by atoms with Crippen LogP contribution in [0, 0.1) is 5.92 Å². The second kappa shape index (κ2) is 4.60. The number of rotatable bonds is 3. The monoisotopic (exact) mass is 247 g/mol. The first-order valence-electron chi connectivity index (χ1n) is 5.66. The second-order valence-electron chi connectivity index (χ2n) is 4.41. The number of carbonyl (C=O) groups is 3. The van der Waals surface area contributed by atoms with Crippen molar-refractivity contribution in [3.63, 3.8) is 0 Å². The van der Waals surface area contributed by atoms with Gasteiger partial charge in [0, 0.05) is 12.3 Å². The Labute approximate surface area is 104 Å². The Hall–Kier alpha value is -2.17. The molecule has 1 aliphatic heterocycles. The van der Waals surface area contributed by atoms with Crippen LogP contribution in [0.2, 0.25) is 0 Å². The van der Waals surface area contributed by atoms with Crippen molar-refractivity contribution >= 4 is 23.5 Å². The first-order valence-corrected chi connectivity index (χ1v) is 5.66. The fourth-order valence-corrected chi connectivity index (χ4v) is 1.99. The van der Waals surface area contributed by atoms with Crippen molar-refractivity contribution in [3.05, 3.63) is 29.8 Å². The highest BCUT2D eigenvalue weighted by Gasteiger charge is 2.36. The number of nitrogens with zero attached hydrogens (tertiary/aromatic N) is 1. The fourth-order valence-electron chi connectivity index (χ4n) is 1.99. The van der Waals surface area contributed by atoms with Crippen molar-refractivity contribution in [1.82, 2.24) is 0 Å². The first kappa shape index (κ1) is 12.3. The molecule has 1 unspecified atom stereocenters. The van der Waals surface area contributed by atoms with Gasteiger partial charge >= 0.3 is 5.97 Å². The predicted octanol–water partition coefficient (Wildman–Crippen LogP) is 1.21. The summed E-state index contributed by atoms with van der Waals surface area (Å²) >= 11 is 0. The molecule has 94 valence electrons. The summed E-state index contributed by atoms with van der Waals surface area (Å²) in [6.07, 6.45) is 0.161. The molecule has 1 aromatic carbocycles. The molecular weight excluding hydrogens is 234 g/mol. The summed E-state index contributed by atoms with van der Waals surface area (Å²) < 4.78 is 0. The third-order valence-electron chi connectivity index (χ3n) is 2.92. The van der Waals surface area contributed by atoms with E-state index in [4.69, 9.17) is 5.11 Å². The number of carbonyl (C=O) groups excluding carboxylic acids is 2. The lowest BCUT2D eigenvalue weighted by Gasteiger charge is -2.14. The summed E-state index contributed by atoms with van der Waals surface area (Å²) in [6.45, 7) is 1.72. The van der Waals surface area contributed by atoms with Crippen LogP contribution >= 0.6 is 0 Å². The Morgan fingerprint density at radius 2 is 1.94 bits per heavy atom. The minimum Gasteiger partial charge on any atom is -0.481 e. The topological polar surface area (TPSA) is 74.7 Å². The minimum absolute atomic E-state index is 0.0709. The lowest BCUT2D eigenvalue weighted by Crippen LogP contribution is -2.29. The molecule has 18 heavy (non-hydrogen) atoms. The van der Waals surface area contributed by atoms with Gasteiger partial charge in [-0.1, -0.05) is 19.1 Å². The molecule has 1 aromatic rings. The van der Waals surface area contributed by atoms with Crippen LogP contribution in [0.1, 0.15) is 18.9 Å². The molecule has 2 amide bonds. The molecule has 2 rings (SSSR count). The molecule has 0 aromatic heterocycles. The minimum atomic E-state index is -0.912. The Kier molecular flexibility index (Phi) is 3.14. The Morgan fingerprint density at radius 3 is 2.39 bits per heavy atom. The second-order valence-corrected chi connectivity index (χ2v) is 4.41. The average Bonchev–Trinajstić information content (AvgIpc) is 2.54. The molecule has 1 atom stereocenters. The van der Waals surface area contributed by atoms with Crippen LogP contribution < -0.4 is 4.90 Å². The number of benzene rings is 1. The van der Waals surface area contributed by atoms with Crippen molar-refractivity contribution < 1.29 is 19.5 Å². The number of carboxylic acid groups (broad SMARTS) is 1. The maximum absolute atomic E-state index is 11.8. The van der Waals surface area contributed by atoms with Gasteiger partial charge in [0.1, 0.15) is 0 Å². The van der Waals surface area contributed by atoms with E-state index in [-0.39, 0.29) is 30.6 Å². The molecule has 5 heteroatoms. The average molecular weight is 247 g/mol. The third kappa shape index (κ3) is 2.25. The molecule has 1 N–H and O–H groups in total. The highest BCUT2D eigenvalue weighted by atomic mass is 16.4. The van der Waals surface area contributed by atoms with Crippen molar-refractivity contribution in [2.75, 3.05) is 4.90 Å². The van der Waals surface area contributed by atoms with E-state index in [1.54, 1.807) is 31.2 Å². The Bertz CT molecular complexity index is 506. The van der Waals surface area contributed by atoms with Crippen molar-refractivity contribution in [3.8, 4) is 0 Å². The third-order valence-corrected chi connectivity index (χ3v) is 2.92. The number of aliphatic carboxylic acids is 1. The number of hydrogen-bond acceptors (Lipinski definition) is 3. The summed E-state index contributed by atoms with van der Waals surface area (Å²) in [5, 5.41) is 8.65. The zero-order valence-electron chi connectivity index (χ0n) is 9.92. The molecule has 0 aliphatic carbocycles. The van der Waals surface area contributed by atoms with E-state index < -0.39 is 5.97 Å². The number of hydrogen-bond donors (Lipinski definition) is 1. The SMILES string of the molecule is CC1CC(=O)N(c2ccc(CC(=O)O)cc2)C1=O. The molecule has 1 fully saturated rings. The summed E-state index contributed by atoms with van der Waals surface area (Å²) in [4.78, 5) is 35.2. The van der Waals surface area contributed by atoms with Crippen LogP contribution in [0.15, 0.2) is 24.3 Å². The molecule has 1 aliphatic rings. The van der Waals surface area contributed by atoms with E-state index in [0.717, 1.165) is 4.90 Å². The van der Waals surface area contributed by atoms with Gasteiger partial charge in [-0.25, -0.2) is 0 Å². The molecular formula is C13H13NO4. The van der Waals surface area contributed by atoms with E-state index >= 15 is 0 Å². The number of imide groups is 1. The predicted molar refractivity (Wildman–Crippen MR) is 64.1 cm³/mol. The Balaban J connectivity index is 2.22. The van der Waals surface area contributed by atoms with Crippen LogP contribution in [-0.2, 0) is 20.8 Å². The summed E-state index contributed by atoms with van der Waals surface area (Å²) in [7, 11) is 0. The maximum Gasteiger partial charge on any atom is 0.307 e. The fraction of sp³-hybridized carbons (Fsp3) is 0.308. The highest BCUT2D eigenvalue weighted by Crippen LogP contribution is 2.26. The van der Waals surface area contributed by atoms with Gasteiger partial charge in [0.2, 0.25) is 11.8 Å². The van der Waals surface area contributed by atoms with E-state index in [9.17, 15) is 14.4 Å². The standard InChI is InChI=1S/C13H13NO4/c1-8-6-11(15)14(13(8)18)10-4-2-9(3-5-10)7-12(16)17/h2-5,8H,6-7H2,1H3,(H,16,17). The van der Waals surface area contributed by atoms with Crippen molar-refractivity contribution in [2.45, 2.75) is 19.8 Å². The molecule has 1 saturated heterocycles. The normalized spacial score (nSPS) is 19.4. The molecule has 0 radical (unpaired) electrons. The van der Waals surface area contributed by atoms with Crippen LogP contribution in [0.4, 0.5) is 5.69 Å². The van der Waals surface area contributed by atoms with Crippen LogP contribution in [0.3, 0.4) is 0 Å².